The van der Waals surface area contributed by atoms with Crippen LogP contribution in [0.1, 0.15) is 19.6 Å². The van der Waals surface area contributed by atoms with Crippen LogP contribution in [0.15, 0.2) is 45.3 Å². The summed E-state index contributed by atoms with van der Waals surface area (Å²) in [4.78, 5) is 11.1. The van der Waals surface area contributed by atoms with E-state index in [0.717, 1.165) is 21.6 Å². The van der Waals surface area contributed by atoms with Crippen molar-refractivity contribution in [3.8, 4) is 11.3 Å². The normalized spacial score (nSPS) is 12.6. The van der Waals surface area contributed by atoms with Gasteiger partial charge in [0, 0.05) is 10.0 Å². The van der Waals surface area contributed by atoms with Crippen LogP contribution in [0.3, 0.4) is 0 Å². The van der Waals surface area contributed by atoms with Gasteiger partial charge in [-0.2, -0.15) is 0 Å². The Kier molecular flexibility index (Phi) is 5.20. The Morgan fingerprint density at radius 1 is 1.24 bits per heavy atom. The van der Waals surface area contributed by atoms with Crippen LogP contribution >= 0.6 is 15.9 Å². The third kappa shape index (κ3) is 4.19. The summed E-state index contributed by atoms with van der Waals surface area (Å²) >= 11 is 3.39. The predicted molar refractivity (Wildman–Crippen MR) is 84.9 cm³/mol. The first-order chi connectivity index (χ1) is 9.97. The van der Waals surface area contributed by atoms with E-state index in [0.29, 0.717) is 6.54 Å². The van der Waals surface area contributed by atoms with Crippen LogP contribution in [0.2, 0.25) is 0 Å². The van der Waals surface area contributed by atoms with Crippen LogP contribution < -0.4 is 5.32 Å². The molecule has 0 saturated carbocycles. The molecule has 0 amide bonds. The second kappa shape index (κ2) is 6.91. The minimum Gasteiger partial charge on any atom is -0.480 e. The minimum absolute atomic E-state index is 0.0170. The van der Waals surface area contributed by atoms with Crippen LogP contribution in [0.4, 0.5) is 0 Å². The fraction of sp³-hybridized carbons (Fsp3) is 0.312. The molecule has 0 bridgehead atoms. The highest BCUT2D eigenvalue weighted by molar-refractivity contribution is 9.10. The molecule has 21 heavy (non-hydrogen) atoms. The summed E-state index contributed by atoms with van der Waals surface area (Å²) in [6.07, 6.45) is 0. The van der Waals surface area contributed by atoms with E-state index in [4.69, 9.17) is 9.52 Å². The largest absolute Gasteiger partial charge is 0.480 e. The van der Waals surface area contributed by atoms with Gasteiger partial charge in [-0.05, 0) is 30.2 Å². The Labute approximate surface area is 132 Å². The number of halogens is 1. The SMILES string of the molecule is CC(C)[C@@H](NCc1ccc(-c2ccc(Br)cc2)o1)C(=O)O. The quantitative estimate of drug-likeness (QED) is 0.828. The number of aliphatic carboxylic acids is 1. The van der Waals surface area contributed by atoms with Crippen molar-refractivity contribution in [1.82, 2.24) is 5.32 Å². The Morgan fingerprint density at radius 3 is 2.48 bits per heavy atom. The van der Waals surface area contributed by atoms with E-state index in [1.54, 1.807) is 0 Å². The molecule has 1 aromatic carbocycles. The molecule has 0 unspecified atom stereocenters. The smallest absolute Gasteiger partial charge is 0.320 e. The molecular formula is C16H18BrNO3. The molecule has 5 heteroatoms. The van der Waals surface area contributed by atoms with Crippen molar-refractivity contribution in [2.24, 2.45) is 5.92 Å². The first-order valence-electron chi connectivity index (χ1n) is 6.78. The average Bonchev–Trinajstić information content (AvgIpc) is 2.87. The second-order valence-corrected chi connectivity index (χ2v) is 6.13. The van der Waals surface area contributed by atoms with Gasteiger partial charge in [0.1, 0.15) is 17.6 Å². The molecule has 4 nitrogen and oxygen atoms in total. The number of carboxylic acid groups (broad SMARTS) is 1. The van der Waals surface area contributed by atoms with Crippen molar-refractivity contribution in [3.05, 3.63) is 46.6 Å². The van der Waals surface area contributed by atoms with Crippen LogP contribution in [-0.2, 0) is 11.3 Å². The third-order valence-corrected chi connectivity index (χ3v) is 3.75. The Bertz CT molecular complexity index is 604. The molecule has 2 rings (SSSR count). The van der Waals surface area contributed by atoms with Gasteiger partial charge < -0.3 is 9.52 Å². The highest BCUT2D eigenvalue weighted by Crippen LogP contribution is 2.24. The highest BCUT2D eigenvalue weighted by atomic mass is 79.9. The molecule has 0 aliphatic carbocycles. The fourth-order valence-corrected chi connectivity index (χ4v) is 2.33. The molecule has 1 atom stereocenters. The molecular weight excluding hydrogens is 334 g/mol. The number of nitrogens with one attached hydrogen (secondary N) is 1. The lowest BCUT2D eigenvalue weighted by atomic mass is 10.1. The lowest BCUT2D eigenvalue weighted by Crippen LogP contribution is -2.40. The van der Waals surface area contributed by atoms with E-state index >= 15 is 0 Å². The third-order valence-electron chi connectivity index (χ3n) is 3.22. The molecule has 0 fully saturated rings. The van der Waals surface area contributed by atoms with E-state index in [-0.39, 0.29) is 5.92 Å². The van der Waals surface area contributed by atoms with Crippen LogP contribution in [-0.4, -0.2) is 17.1 Å². The van der Waals surface area contributed by atoms with E-state index < -0.39 is 12.0 Å². The van der Waals surface area contributed by atoms with Gasteiger partial charge in [0.05, 0.1) is 6.54 Å². The molecule has 0 spiro atoms. The number of benzene rings is 1. The summed E-state index contributed by atoms with van der Waals surface area (Å²) < 4.78 is 6.76. The van der Waals surface area contributed by atoms with Crippen molar-refractivity contribution >= 4 is 21.9 Å². The first kappa shape index (κ1) is 15.8. The monoisotopic (exact) mass is 351 g/mol. The standard InChI is InChI=1S/C16H18BrNO3/c1-10(2)15(16(19)20)18-9-13-7-8-14(21-13)11-3-5-12(17)6-4-11/h3-8,10,15,18H,9H2,1-2H3,(H,19,20)/t15-/m1/s1. The molecule has 0 radical (unpaired) electrons. The zero-order chi connectivity index (χ0) is 15.4. The van der Waals surface area contributed by atoms with Gasteiger partial charge >= 0.3 is 5.97 Å². The van der Waals surface area contributed by atoms with E-state index in [1.807, 2.05) is 50.2 Å². The Hall–Kier alpha value is -1.59. The zero-order valence-electron chi connectivity index (χ0n) is 12.0. The summed E-state index contributed by atoms with van der Waals surface area (Å²) in [6, 6.07) is 11.0. The molecule has 112 valence electrons. The summed E-state index contributed by atoms with van der Waals surface area (Å²) in [5.74, 6) is 0.670. The van der Waals surface area contributed by atoms with E-state index in [9.17, 15) is 4.79 Å². The number of hydrogen-bond donors (Lipinski definition) is 2. The number of hydrogen-bond acceptors (Lipinski definition) is 3. The first-order valence-corrected chi connectivity index (χ1v) is 7.57. The van der Waals surface area contributed by atoms with Gasteiger partial charge in [0.15, 0.2) is 0 Å². The van der Waals surface area contributed by atoms with Gasteiger partial charge in [-0.15, -0.1) is 0 Å². The number of rotatable bonds is 6. The van der Waals surface area contributed by atoms with Crippen LogP contribution in [0.25, 0.3) is 11.3 Å². The fourth-order valence-electron chi connectivity index (χ4n) is 2.06. The maximum atomic E-state index is 11.1. The Balaban J connectivity index is 2.03. The number of carbonyl (C=O) groups is 1. The van der Waals surface area contributed by atoms with Crippen molar-refractivity contribution in [3.63, 3.8) is 0 Å². The van der Waals surface area contributed by atoms with Gasteiger partial charge in [-0.25, -0.2) is 0 Å². The molecule has 0 aliphatic rings. The van der Waals surface area contributed by atoms with Gasteiger partial charge in [-0.1, -0.05) is 41.9 Å². The molecule has 2 N–H and O–H groups in total. The van der Waals surface area contributed by atoms with Gasteiger partial charge in [0.25, 0.3) is 0 Å². The van der Waals surface area contributed by atoms with Crippen molar-refractivity contribution in [2.75, 3.05) is 0 Å². The van der Waals surface area contributed by atoms with E-state index in [1.165, 1.54) is 0 Å². The molecule has 1 aromatic heterocycles. The average molecular weight is 352 g/mol. The van der Waals surface area contributed by atoms with Crippen LogP contribution in [0.5, 0.6) is 0 Å². The summed E-state index contributed by atoms with van der Waals surface area (Å²) in [5.41, 5.74) is 0.989. The summed E-state index contributed by atoms with van der Waals surface area (Å²) in [6.45, 7) is 4.15. The number of furan rings is 1. The maximum Gasteiger partial charge on any atom is 0.320 e. The predicted octanol–water partition coefficient (Wildman–Crippen LogP) is 3.91. The van der Waals surface area contributed by atoms with Crippen molar-refractivity contribution in [2.45, 2.75) is 26.4 Å². The van der Waals surface area contributed by atoms with Crippen molar-refractivity contribution in [1.29, 1.82) is 0 Å². The maximum absolute atomic E-state index is 11.1. The summed E-state index contributed by atoms with van der Waals surface area (Å²) in [7, 11) is 0. The zero-order valence-corrected chi connectivity index (χ0v) is 13.6. The van der Waals surface area contributed by atoms with E-state index in [2.05, 4.69) is 21.2 Å². The Morgan fingerprint density at radius 2 is 1.90 bits per heavy atom. The summed E-state index contributed by atoms with van der Waals surface area (Å²) in [5, 5.41) is 12.1. The highest BCUT2D eigenvalue weighted by Gasteiger charge is 2.20. The topological polar surface area (TPSA) is 62.5 Å². The second-order valence-electron chi connectivity index (χ2n) is 5.21. The molecule has 1 heterocycles. The van der Waals surface area contributed by atoms with Gasteiger partial charge in [0.2, 0.25) is 0 Å². The van der Waals surface area contributed by atoms with Crippen LogP contribution in [0, 0.1) is 5.92 Å². The molecule has 0 aliphatic heterocycles. The molecule has 0 saturated heterocycles. The lowest BCUT2D eigenvalue weighted by Gasteiger charge is -2.16. The lowest BCUT2D eigenvalue weighted by molar-refractivity contribution is -0.140. The minimum atomic E-state index is -0.843. The molecule has 2 aromatic rings. The van der Waals surface area contributed by atoms with Crippen molar-refractivity contribution < 1.29 is 14.3 Å². The van der Waals surface area contributed by atoms with Gasteiger partial charge in [-0.3, -0.25) is 10.1 Å². The number of carboxylic acids is 1.